The summed E-state index contributed by atoms with van der Waals surface area (Å²) in [6, 6.07) is 0. The van der Waals surface area contributed by atoms with Crippen molar-refractivity contribution < 1.29 is 4.74 Å². The minimum absolute atomic E-state index is 0.762. The maximum absolute atomic E-state index is 4.97. The van der Waals surface area contributed by atoms with Crippen LogP contribution in [0.5, 0.6) is 0 Å². The van der Waals surface area contributed by atoms with Crippen LogP contribution in [0.25, 0.3) is 0 Å². The van der Waals surface area contributed by atoms with Gasteiger partial charge in [0.1, 0.15) is 0 Å². The first-order valence-corrected chi connectivity index (χ1v) is 9.05. The van der Waals surface area contributed by atoms with Crippen molar-refractivity contribution in [2.45, 2.75) is 96.8 Å². The van der Waals surface area contributed by atoms with E-state index in [-0.39, 0.29) is 0 Å². The van der Waals surface area contributed by atoms with Gasteiger partial charge in [0, 0.05) is 7.11 Å². The summed E-state index contributed by atoms with van der Waals surface area (Å²) in [5.74, 6) is 0. The third kappa shape index (κ3) is 17.7. The lowest BCUT2D eigenvalue weighted by atomic mass is 10.0. The summed E-state index contributed by atoms with van der Waals surface area (Å²) in [6.07, 6.45) is 24.2. The average Bonchev–Trinajstić information content (AvgIpc) is 2.47. The molecule has 0 spiro atoms. The fourth-order valence-corrected chi connectivity index (χ4v) is 2.56. The van der Waals surface area contributed by atoms with E-state index in [2.05, 4.69) is 19.1 Å². The van der Waals surface area contributed by atoms with Gasteiger partial charge in [-0.25, -0.2) is 0 Å². The highest BCUT2D eigenvalue weighted by Crippen LogP contribution is 2.12. The van der Waals surface area contributed by atoms with Crippen LogP contribution in [0.15, 0.2) is 12.2 Å². The molecule has 0 aliphatic carbocycles. The number of unbranched alkanes of at least 4 members (excludes halogenated alkanes) is 13. The summed E-state index contributed by atoms with van der Waals surface area (Å²) < 4.78 is 4.97. The highest BCUT2D eigenvalue weighted by molar-refractivity contribution is 4.80. The number of hydrogen-bond acceptors (Lipinski definition) is 1. The van der Waals surface area contributed by atoms with E-state index in [4.69, 9.17) is 4.74 Å². The van der Waals surface area contributed by atoms with Gasteiger partial charge in [-0.2, -0.15) is 0 Å². The molecule has 0 bridgehead atoms. The number of ether oxygens (including phenoxy) is 1. The fourth-order valence-electron chi connectivity index (χ4n) is 2.56. The highest BCUT2D eigenvalue weighted by Gasteiger charge is 1.93. The van der Waals surface area contributed by atoms with Crippen LogP contribution in [-0.4, -0.2) is 13.7 Å². The van der Waals surface area contributed by atoms with Crippen molar-refractivity contribution in [2.24, 2.45) is 0 Å². The van der Waals surface area contributed by atoms with Crippen LogP contribution in [0.4, 0.5) is 0 Å². The van der Waals surface area contributed by atoms with E-state index in [1.54, 1.807) is 7.11 Å². The van der Waals surface area contributed by atoms with Crippen LogP contribution in [0, 0.1) is 0 Å². The topological polar surface area (TPSA) is 9.23 Å². The molecule has 0 heterocycles. The Labute approximate surface area is 128 Å². The number of rotatable bonds is 16. The molecule has 0 aliphatic rings. The molecule has 0 aromatic heterocycles. The molecule has 0 atom stereocenters. The first-order valence-electron chi connectivity index (χ1n) is 9.05. The van der Waals surface area contributed by atoms with Gasteiger partial charge in [-0.05, 0) is 12.8 Å². The third-order valence-electron chi connectivity index (χ3n) is 3.90. The van der Waals surface area contributed by atoms with Gasteiger partial charge < -0.3 is 4.74 Å². The number of allylic oxidation sites excluding steroid dienone is 1. The number of methoxy groups -OCH3 is 1. The molecule has 0 aliphatic heterocycles. The summed E-state index contributed by atoms with van der Waals surface area (Å²) >= 11 is 0. The van der Waals surface area contributed by atoms with Crippen molar-refractivity contribution in [3.05, 3.63) is 12.2 Å². The summed E-state index contributed by atoms with van der Waals surface area (Å²) in [6.45, 7) is 3.05. The zero-order chi connectivity index (χ0) is 14.7. The minimum Gasteiger partial charge on any atom is -0.381 e. The lowest BCUT2D eigenvalue weighted by molar-refractivity contribution is 0.233. The van der Waals surface area contributed by atoms with Crippen molar-refractivity contribution >= 4 is 0 Å². The molecule has 120 valence electrons. The molecule has 0 saturated heterocycles. The molecule has 0 fully saturated rings. The van der Waals surface area contributed by atoms with Gasteiger partial charge in [-0.3, -0.25) is 0 Å². The minimum atomic E-state index is 0.762. The zero-order valence-electron chi connectivity index (χ0n) is 14.2. The summed E-state index contributed by atoms with van der Waals surface area (Å²) in [5.41, 5.74) is 0. The Balaban J connectivity index is 2.96. The second kappa shape index (κ2) is 18.7. The van der Waals surface area contributed by atoms with Crippen LogP contribution in [-0.2, 0) is 4.74 Å². The van der Waals surface area contributed by atoms with Gasteiger partial charge in [0.15, 0.2) is 0 Å². The first-order chi connectivity index (χ1) is 9.91. The normalized spacial score (nSPS) is 11.5. The maximum atomic E-state index is 4.97. The van der Waals surface area contributed by atoms with Crippen LogP contribution in [0.1, 0.15) is 96.8 Å². The molecule has 0 aromatic rings. The Kier molecular flexibility index (Phi) is 18.4. The van der Waals surface area contributed by atoms with E-state index < -0.39 is 0 Å². The van der Waals surface area contributed by atoms with Gasteiger partial charge >= 0.3 is 0 Å². The quantitative estimate of drug-likeness (QED) is 0.227. The van der Waals surface area contributed by atoms with Gasteiger partial charge in [0.25, 0.3) is 0 Å². The van der Waals surface area contributed by atoms with Crippen LogP contribution < -0.4 is 0 Å². The molecular weight excluding hydrogens is 244 g/mol. The summed E-state index contributed by atoms with van der Waals surface area (Å²) in [5, 5.41) is 0. The van der Waals surface area contributed by atoms with E-state index in [1.165, 1.54) is 89.9 Å². The molecule has 1 heteroatoms. The van der Waals surface area contributed by atoms with Crippen LogP contribution in [0.3, 0.4) is 0 Å². The predicted molar refractivity (Wildman–Crippen MR) is 91.3 cm³/mol. The van der Waals surface area contributed by atoms with Gasteiger partial charge in [-0.15, -0.1) is 0 Å². The maximum Gasteiger partial charge on any atom is 0.0643 e. The first kappa shape index (κ1) is 19.7. The lowest BCUT2D eigenvalue weighted by Gasteiger charge is -2.02. The smallest absolute Gasteiger partial charge is 0.0643 e. The van der Waals surface area contributed by atoms with E-state index in [9.17, 15) is 0 Å². The number of hydrogen-bond donors (Lipinski definition) is 0. The van der Waals surface area contributed by atoms with Gasteiger partial charge in [-0.1, -0.05) is 96.1 Å². The SMILES string of the molecule is CCCCCCCCCCCCCCCC=CCOC. The van der Waals surface area contributed by atoms with Crippen molar-refractivity contribution in [2.75, 3.05) is 13.7 Å². The Morgan fingerprint density at radius 3 is 1.50 bits per heavy atom. The van der Waals surface area contributed by atoms with Crippen molar-refractivity contribution in [3.63, 3.8) is 0 Å². The zero-order valence-corrected chi connectivity index (χ0v) is 14.2. The molecule has 1 nitrogen and oxygen atoms in total. The van der Waals surface area contributed by atoms with Crippen molar-refractivity contribution in [3.8, 4) is 0 Å². The average molecular weight is 283 g/mol. The predicted octanol–water partition coefficient (Wildman–Crippen LogP) is 6.67. The molecular formula is C19H38O. The summed E-state index contributed by atoms with van der Waals surface area (Å²) in [7, 11) is 1.75. The van der Waals surface area contributed by atoms with Crippen molar-refractivity contribution in [1.29, 1.82) is 0 Å². The Bertz CT molecular complexity index is 186. The van der Waals surface area contributed by atoms with Gasteiger partial charge in [0.05, 0.1) is 6.61 Å². The standard InChI is InChI=1S/C19H38O/c1-3-4-5-6-7-8-9-10-11-12-13-14-15-16-17-18-19-20-2/h17-18H,3-16,19H2,1-2H3. The molecule has 0 N–H and O–H groups in total. The van der Waals surface area contributed by atoms with E-state index in [1.807, 2.05) is 0 Å². The highest BCUT2D eigenvalue weighted by atomic mass is 16.5. The monoisotopic (exact) mass is 282 g/mol. The van der Waals surface area contributed by atoms with Crippen LogP contribution in [0.2, 0.25) is 0 Å². The van der Waals surface area contributed by atoms with Gasteiger partial charge in [0.2, 0.25) is 0 Å². The molecule has 0 unspecified atom stereocenters. The lowest BCUT2D eigenvalue weighted by Crippen LogP contribution is -1.83. The molecule has 0 rings (SSSR count). The Morgan fingerprint density at radius 1 is 0.600 bits per heavy atom. The molecule has 20 heavy (non-hydrogen) atoms. The second-order valence-electron chi connectivity index (χ2n) is 5.96. The van der Waals surface area contributed by atoms with E-state index in [0.29, 0.717) is 0 Å². The molecule has 0 aromatic carbocycles. The van der Waals surface area contributed by atoms with Crippen LogP contribution >= 0.6 is 0 Å². The second-order valence-corrected chi connectivity index (χ2v) is 5.96. The molecule has 0 saturated carbocycles. The van der Waals surface area contributed by atoms with Crippen molar-refractivity contribution in [1.82, 2.24) is 0 Å². The largest absolute Gasteiger partial charge is 0.381 e. The molecule has 0 radical (unpaired) electrons. The van der Waals surface area contributed by atoms with E-state index >= 15 is 0 Å². The van der Waals surface area contributed by atoms with E-state index in [0.717, 1.165) is 6.61 Å². The third-order valence-corrected chi connectivity index (χ3v) is 3.90. The fraction of sp³-hybridized carbons (Fsp3) is 0.895. The Morgan fingerprint density at radius 2 is 1.05 bits per heavy atom. The summed E-state index contributed by atoms with van der Waals surface area (Å²) in [4.78, 5) is 0. The Hall–Kier alpha value is -0.300. The molecule has 0 amide bonds.